The fourth-order valence-corrected chi connectivity index (χ4v) is 2.18. The summed E-state index contributed by atoms with van der Waals surface area (Å²) in [6.07, 6.45) is 1.19. The second-order valence-electron chi connectivity index (χ2n) is 7.26. The van der Waals surface area contributed by atoms with Crippen molar-refractivity contribution in [3.63, 3.8) is 0 Å². The van der Waals surface area contributed by atoms with Gasteiger partial charge in [-0.25, -0.2) is 0 Å². The second kappa shape index (κ2) is 4.97. The average molecular weight is 241 g/mol. The Morgan fingerprint density at radius 2 is 1.82 bits per heavy atom. The maximum absolute atomic E-state index is 12.2. The standard InChI is InChI=1S/C14H27NO2/c1-13(2,3)9-11-10-15(7-8-17-11)12(16)14(4,5)6/h11H,7-10H2,1-6H3. The summed E-state index contributed by atoms with van der Waals surface area (Å²) in [5.41, 5.74) is -0.0396. The first-order chi connectivity index (χ1) is 7.59. The molecule has 0 aromatic heterocycles. The van der Waals surface area contributed by atoms with Crippen molar-refractivity contribution in [1.29, 1.82) is 0 Å². The zero-order chi connectivity index (χ0) is 13.3. The summed E-state index contributed by atoms with van der Waals surface area (Å²) in [7, 11) is 0. The van der Waals surface area contributed by atoms with Crippen LogP contribution in [0.2, 0.25) is 0 Å². The minimum atomic E-state index is -0.288. The number of carbonyl (C=O) groups is 1. The van der Waals surface area contributed by atoms with Gasteiger partial charge in [-0.2, -0.15) is 0 Å². The van der Waals surface area contributed by atoms with E-state index < -0.39 is 0 Å². The average Bonchev–Trinajstić information content (AvgIpc) is 2.12. The van der Waals surface area contributed by atoms with Crippen molar-refractivity contribution in [3.8, 4) is 0 Å². The molecule has 100 valence electrons. The molecular weight excluding hydrogens is 214 g/mol. The van der Waals surface area contributed by atoms with Gasteiger partial charge in [0.05, 0.1) is 12.7 Å². The first-order valence-electron chi connectivity index (χ1n) is 6.50. The lowest BCUT2D eigenvalue weighted by atomic mass is 9.88. The molecule has 0 aromatic rings. The van der Waals surface area contributed by atoms with Crippen LogP contribution in [-0.2, 0) is 9.53 Å². The zero-order valence-electron chi connectivity index (χ0n) is 12.2. The Hall–Kier alpha value is -0.570. The Kier molecular flexibility index (Phi) is 4.23. The molecule has 1 fully saturated rings. The number of hydrogen-bond acceptors (Lipinski definition) is 2. The third-order valence-electron chi connectivity index (χ3n) is 2.91. The van der Waals surface area contributed by atoms with E-state index in [-0.39, 0.29) is 22.8 Å². The first kappa shape index (κ1) is 14.5. The molecule has 0 saturated carbocycles. The molecule has 1 aliphatic heterocycles. The molecule has 0 radical (unpaired) electrons. The molecule has 1 heterocycles. The quantitative estimate of drug-likeness (QED) is 0.706. The molecule has 1 saturated heterocycles. The largest absolute Gasteiger partial charge is 0.375 e. The van der Waals surface area contributed by atoms with Gasteiger partial charge >= 0.3 is 0 Å². The minimum Gasteiger partial charge on any atom is -0.375 e. The van der Waals surface area contributed by atoms with Crippen molar-refractivity contribution in [1.82, 2.24) is 4.90 Å². The van der Waals surface area contributed by atoms with Crippen molar-refractivity contribution in [2.75, 3.05) is 19.7 Å². The molecule has 1 aliphatic rings. The van der Waals surface area contributed by atoms with Gasteiger partial charge in [0.25, 0.3) is 0 Å². The molecule has 1 rings (SSSR count). The number of hydrogen-bond donors (Lipinski definition) is 0. The predicted molar refractivity (Wildman–Crippen MR) is 69.8 cm³/mol. The summed E-state index contributed by atoms with van der Waals surface area (Å²) < 4.78 is 5.75. The van der Waals surface area contributed by atoms with Gasteiger partial charge in [-0.3, -0.25) is 4.79 Å². The van der Waals surface area contributed by atoms with Gasteiger partial charge in [0, 0.05) is 18.5 Å². The smallest absolute Gasteiger partial charge is 0.228 e. The number of amides is 1. The number of ether oxygens (including phenoxy) is 1. The Morgan fingerprint density at radius 1 is 1.24 bits per heavy atom. The molecule has 0 bridgehead atoms. The van der Waals surface area contributed by atoms with E-state index in [0.29, 0.717) is 6.61 Å². The highest BCUT2D eigenvalue weighted by Gasteiger charge is 2.32. The molecule has 0 spiro atoms. The molecule has 1 amide bonds. The summed E-state index contributed by atoms with van der Waals surface area (Å²) in [5, 5.41) is 0. The molecule has 0 N–H and O–H groups in total. The van der Waals surface area contributed by atoms with Gasteiger partial charge in [0.2, 0.25) is 5.91 Å². The minimum absolute atomic E-state index is 0.190. The highest BCUT2D eigenvalue weighted by atomic mass is 16.5. The highest BCUT2D eigenvalue weighted by Crippen LogP contribution is 2.26. The van der Waals surface area contributed by atoms with E-state index in [1.807, 2.05) is 25.7 Å². The van der Waals surface area contributed by atoms with E-state index in [0.717, 1.165) is 19.5 Å². The van der Waals surface area contributed by atoms with Crippen LogP contribution in [0.15, 0.2) is 0 Å². The van der Waals surface area contributed by atoms with Crippen molar-refractivity contribution < 1.29 is 9.53 Å². The molecular formula is C14H27NO2. The van der Waals surface area contributed by atoms with Crippen LogP contribution in [0.4, 0.5) is 0 Å². The molecule has 17 heavy (non-hydrogen) atoms. The monoisotopic (exact) mass is 241 g/mol. The van der Waals surface area contributed by atoms with E-state index in [1.54, 1.807) is 0 Å². The lowest BCUT2D eigenvalue weighted by Crippen LogP contribution is -2.50. The van der Waals surface area contributed by atoms with Gasteiger partial charge < -0.3 is 9.64 Å². The number of rotatable bonds is 1. The summed E-state index contributed by atoms with van der Waals surface area (Å²) in [6.45, 7) is 14.7. The van der Waals surface area contributed by atoms with Gasteiger partial charge in [-0.15, -0.1) is 0 Å². The third kappa shape index (κ3) is 4.66. The van der Waals surface area contributed by atoms with E-state index >= 15 is 0 Å². The molecule has 0 aromatic carbocycles. The van der Waals surface area contributed by atoms with Crippen LogP contribution in [-0.4, -0.2) is 36.6 Å². The molecule has 1 atom stereocenters. The van der Waals surface area contributed by atoms with Crippen molar-refractivity contribution >= 4 is 5.91 Å². The van der Waals surface area contributed by atoms with Crippen molar-refractivity contribution in [2.24, 2.45) is 10.8 Å². The predicted octanol–water partition coefficient (Wildman–Crippen LogP) is 2.70. The van der Waals surface area contributed by atoms with Crippen LogP contribution in [0, 0.1) is 10.8 Å². The first-order valence-corrected chi connectivity index (χ1v) is 6.50. The van der Waals surface area contributed by atoms with Crippen LogP contribution in [0.25, 0.3) is 0 Å². The molecule has 3 nitrogen and oxygen atoms in total. The van der Waals surface area contributed by atoms with Crippen LogP contribution in [0.5, 0.6) is 0 Å². The second-order valence-corrected chi connectivity index (χ2v) is 7.26. The molecule has 1 unspecified atom stereocenters. The maximum atomic E-state index is 12.2. The highest BCUT2D eigenvalue weighted by molar-refractivity contribution is 5.81. The van der Waals surface area contributed by atoms with E-state index in [2.05, 4.69) is 20.8 Å². The number of carbonyl (C=O) groups excluding carboxylic acids is 1. The van der Waals surface area contributed by atoms with Gasteiger partial charge in [-0.05, 0) is 11.8 Å². The SMILES string of the molecule is CC(C)(C)CC1CN(C(=O)C(C)(C)C)CCO1. The lowest BCUT2D eigenvalue weighted by molar-refractivity contribution is -0.148. The summed E-state index contributed by atoms with van der Waals surface area (Å²) >= 11 is 0. The van der Waals surface area contributed by atoms with Crippen LogP contribution in [0.1, 0.15) is 48.0 Å². The Bertz CT molecular complexity index is 273. The van der Waals surface area contributed by atoms with Crippen molar-refractivity contribution in [2.45, 2.75) is 54.1 Å². The number of nitrogens with zero attached hydrogens (tertiary/aromatic N) is 1. The van der Waals surface area contributed by atoms with Gasteiger partial charge in [0.15, 0.2) is 0 Å². The fraction of sp³-hybridized carbons (Fsp3) is 0.929. The Balaban J connectivity index is 2.58. The Labute approximate surface area is 106 Å². The third-order valence-corrected chi connectivity index (χ3v) is 2.91. The van der Waals surface area contributed by atoms with Gasteiger partial charge in [-0.1, -0.05) is 41.5 Å². The van der Waals surface area contributed by atoms with E-state index in [4.69, 9.17) is 4.74 Å². The topological polar surface area (TPSA) is 29.5 Å². The Morgan fingerprint density at radius 3 is 2.29 bits per heavy atom. The molecule has 0 aliphatic carbocycles. The van der Waals surface area contributed by atoms with E-state index in [1.165, 1.54) is 0 Å². The summed E-state index contributed by atoms with van der Waals surface area (Å²) in [4.78, 5) is 14.2. The van der Waals surface area contributed by atoms with Crippen LogP contribution < -0.4 is 0 Å². The summed E-state index contributed by atoms with van der Waals surface area (Å²) in [6, 6.07) is 0. The summed E-state index contributed by atoms with van der Waals surface area (Å²) in [5.74, 6) is 0.236. The van der Waals surface area contributed by atoms with Crippen molar-refractivity contribution in [3.05, 3.63) is 0 Å². The van der Waals surface area contributed by atoms with E-state index in [9.17, 15) is 4.79 Å². The van der Waals surface area contributed by atoms with Crippen LogP contribution in [0.3, 0.4) is 0 Å². The molecule has 3 heteroatoms. The van der Waals surface area contributed by atoms with Crippen LogP contribution >= 0.6 is 0 Å². The van der Waals surface area contributed by atoms with Gasteiger partial charge in [0.1, 0.15) is 0 Å². The number of morpholine rings is 1. The fourth-order valence-electron chi connectivity index (χ4n) is 2.18. The maximum Gasteiger partial charge on any atom is 0.228 e. The normalized spacial score (nSPS) is 22.7. The zero-order valence-corrected chi connectivity index (χ0v) is 12.2. The lowest BCUT2D eigenvalue weighted by Gasteiger charge is -2.38.